The molecule has 0 bridgehead atoms. The van der Waals surface area contributed by atoms with Crippen LogP contribution in [0, 0.1) is 0 Å². The second-order valence-corrected chi connectivity index (χ2v) is 4.68. The maximum Gasteiger partial charge on any atom is 0.325 e. The summed E-state index contributed by atoms with van der Waals surface area (Å²) in [6, 6.07) is -1.01. The Kier molecular flexibility index (Phi) is 4.74. The smallest absolute Gasteiger partial charge is 0.325 e. The molecule has 1 unspecified atom stereocenters. The molecule has 98 valence electrons. The number of hydrogen-bond acceptors (Lipinski definition) is 3. The molecule has 1 fully saturated rings. The molecule has 0 aliphatic carbocycles. The first kappa shape index (κ1) is 13.8. The van der Waals surface area contributed by atoms with Gasteiger partial charge in [-0.15, -0.1) is 0 Å². The van der Waals surface area contributed by atoms with Crippen molar-refractivity contribution >= 4 is 12.0 Å². The molecule has 1 aliphatic rings. The van der Waals surface area contributed by atoms with Gasteiger partial charge in [0.1, 0.15) is 6.04 Å². The molecule has 1 aliphatic heterocycles. The van der Waals surface area contributed by atoms with Crippen molar-refractivity contribution < 1.29 is 14.7 Å². The van der Waals surface area contributed by atoms with Gasteiger partial charge in [0.25, 0.3) is 0 Å². The van der Waals surface area contributed by atoms with E-state index in [9.17, 15) is 9.59 Å². The largest absolute Gasteiger partial charge is 0.480 e. The van der Waals surface area contributed by atoms with E-state index in [-0.39, 0.29) is 12.1 Å². The second-order valence-electron chi connectivity index (χ2n) is 4.68. The van der Waals surface area contributed by atoms with Crippen molar-refractivity contribution in [1.82, 2.24) is 15.1 Å². The summed E-state index contributed by atoms with van der Waals surface area (Å²) in [4.78, 5) is 26.2. The third-order valence-corrected chi connectivity index (χ3v) is 3.18. The monoisotopic (exact) mass is 243 g/mol. The van der Waals surface area contributed by atoms with Crippen molar-refractivity contribution in [3.8, 4) is 0 Å². The zero-order valence-corrected chi connectivity index (χ0v) is 10.6. The highest BCUT2D eigenvalue weighted by molar-refractivity contribution is 5.82. The zero-order valence-electron chi connectivity index (χ0n) is 10.6. The highest BCUT2D eigenvalue weighted by Gasteiger charge is 2.26. The molecule has 0 radical (unpaired) electrons. The van der Waals surface area contributed by atoms with Gasteiger partial charge in [0.05, 0.1) is 0 Å². The van der Waals surface area contributed by atoms with Crippen LogP contribution in [0.25, 0.3) is 0 Å². The summed E-state index contributed by atoms with van der Waals surface area (Å²) >= 11 is 0. The molecule has 0 aromatic heterocycles. The van der Waals surface area contributed by atoms with Crippen LogP contribution in [0.15, 0.2) is 0 Å². The van der Waals surface area contributed by atoms with E-state index in [1.807, 2.05) is 7.05 Å². The van der Waals surface area contributed by atoms with Gasteiger partial charge < -0.3 is 20.2 Å². The lowest BCUT2D eigenvalue weighted by molar-refractivity contribution is -0.138. The van der Waals surface area contributed by atoms with Gasteiger partial charge in [0.15, 0.2) is 0 Å². The van der Waals surface area contributed by atoms with E-state index in [0.29, 0.717) is 0 Å². The van der Waals surface area contributed by atoms with E-state index < -0.39 is 12.0 Å². The summed E-state index contributed by atoms with van der Waals surface area (Å²) in [6.45, 7) is 3.35. The minimum absolute atomic E-state index is 0.162. The summed E-state index contributed by atoms with van der Waals surface area (Å²) < 4.78 is 0. The zero-order chi connectivity index (χ0) is 13.0. The average Bonchev–Trinajstić information content (AvgIpc) is 2.27. The topological polar surface area (TPSA) is 72.9 Å². The summed E-state index contributed by atoms with van der Waals surface area (Å²) in [5.41, 5.74) is 0. The van der Waals surface area contributed by atoms with Crippen LogP contribution in [-0.4, -0.2) is 66.2 Å². The van der Waals surface area contributed by atoms with Crippen molar-refractivity contribution in [2.45, 2.75) is 31.8 Å². The van der Waals surface area contributed by atoms with Crippen LogP contribution in [0.5, 0.6) is 0 Å². The van der Waals surface area contributed by atoms with E-state index in [1.54, 1.807) is 11.9 Å². The van der Waals surface area contributed by atoms with E-state index in [2.05, 4.69) is 10.2 Å². The highest BCUT2D eigenvalue weighted by atomic mass is 16.4. The Morgan fingerprint density at radius 3 is 2.71 bits per heavy atom. The van der Waals surface area contributed by atoms with Crippen LogP contribution in [0.3, 0.4) is 0 Å². The number of carboxylic acids is 1. The number of carboxylic acid groups (broad SMARTS) is 1. The minimum Gasteiger partial charge on any atom is -0.480 e. The van der Waals surface area contributed by atoms with E-state index in [4.69, 9.17) is 5.11 Å². The fraction of sp³-hybridized carbons (Fsp3) is 0.818. The Labute approximate surface area is 102 Å². The third-order valence-electron chi connectivity index (χ3n) is 3.18. The van der Waals surface area contributed by atoms with Gasteiger partial charge in [-0.3, -0.25) is 4.79 Å². The lowest BCUT2D eigenvalue weighted by atomic mass is 10.1. The molecule has 2 amide bonds. The summed E-state index contributed by atoms with van der Waals surface area (Å²) in [6.07, 6.45) is 2.03. The number of urea groups is 1. The van der Waals surface area contributed by atoms with Crippen molar-refractivity contribution in [1.29, 1.82) is 0 Å². The van der Waals surface area contributed by atoms with Crippen LogP contribution in [0.2, 0.25) is 0 Å². The lowest BCUT2D eigenvalue weighted by Gasteiger charge is -2.36. The number of likely N-dealkylation sites (tertiary alicyclic amines) is 1. The lowest BCUT2D eigenvalue weighted by Crippen LogP contribution is -2.53. The predicted molar refractivity (Wildman–Crippen MR) is 63.9 cm³/mol. The Morgan fingerprint density at radius 1 is 1.53 bits per heavy atom. The molecule has 6 nitrogen and oxygen atoms in total. The summed E-state index contributed by atoms with van der Waals surface area (Å²) in [5, 5.41) is 11.2. The first-order valence-corrected chi connectivity index (χ1v) is 5.86. The van der Waals surface area contributed by atoms with Gasteiger partial charge >= 0.3 is 12.0 Å². The molecular formula is C11H21N3O3. The Bertz CT molecular complexity index is 296. The van der Waals surface area contributed by atoms with Gasteiger partial charge in [0.2, 0.25) is 0 Å². The summed E-state index contributed by atoms with van der Waals surface area (Å²) in [5.74, 6) is -1.02. The van der Waals surface area contributed by atoms with Crippen LogP contribution < -0.4 is 5.32 Å². The van der Waals surface area contributed by atoms with Crippen LogP contribution in [0.1, 0.15) is 19.8 Å². The number of aliphatic carboxylic acids is 1. The van der Waals surface area contributed by atoms with E-state index >= 15 is 0 Å². The molecule has 1 rings (SSSR count). The van der Waals surface area contributed by atoms with Gasteiger partial charge in [-0.1, -0.05) is 0 Å². The first-order valence-electron chi connectivity index (χ1n) is 5.86. The van der Waals surface area contributed by atoms with Crippen LogP contribution in [-0.2, 0) is 4.79 Å². The molecule has 17 heavy (non-hydrogen) atoms. The second kappa shape index (κ2) is 5.86. The fourth-order valence-corrected chi connectivity index (χ4v) is 1.97. The van der Waals surface area contributed by atoms with Crippen molar-refractivity contribution in [3.05, 3.63) is 0 Å². The first-order chi connectivity index (χ1) is 7.91. The average molecular weight is 243 g/mol. The number of carbonyl (C=O) groups is 2. The Balaban J connectivity index is 2.48. The Morgan fingerprint density at radius 2 is 2.18 bits per heavy atom. The fourth-order valence-electron chi connectivity index (χ4n) is 1.97. The number of piperidine rings is 1. The van der Waals surface area contributed by atoms with Crippen LogP contribution >= 0.6 is 0 Å². The van der Waals surface area contributed by atoms with E-state index in [1.165, 1.54) is 6.92 Å². The predicted octanol–water partition coefficient (Wildman–Crippen LogP) is 0.195. The molecular weight excluding hydrogens is 222 g/mol. The maximum absolute atomic E-state index is 11.8. The number of nitrogens with one attached hydrogen (secondary N) is 1. The van der Waals surface area contributed by atoms with Gasteiger partial charge in [-0.2, -0.15) is 0 Å². The molecule has 0 saturated carbocycles. The molecule has 2 atom stereocenters. The van der Waals surface area contributed by atoms with Gasteiger partial charge in [-0.25, -0.2) is 4.79 Å². The summed E-state index contributed by atoms with van der Waals surface area (Å²) in [7, 11) is 3.74. The quantitative estimate of drug-likeness (QED) is 0.742. The number of nitrogens with zero attached hydrogens (tertiary/aromatic N) is 2. The molecule has 0 aromatic rings. The van der Waals surface area contributed by atoms with Crippen LogP contribution in [0.4, 0.5) is 4.79 Å². The molecule has 6 heteroatoms. The standard InChI is InChI=1S/C11H21N3O3/c1-8(10(15)16)12-11(17)14(3)9-5-4-6-13(2)7-9/h8-9H,4-7H2,1-3H3,(H,12,17)(H,15,16)/t8-,9?/m0/s1. The SMILES string of the molecule is C[C@H](NC(=O)N(C)C1CCCN(C)C1)C(=O)O. The number of likely N-dealkylation sites (N-methyl/N-ethyl adjacent to an activating group) is 2. The normalized spacial score (nSPS) is 22.9. The maximum atomic E-state index is 11.8. The molecule has 0 aromatic carbocycles. The van der Waals surface area contributed by atoms with Gasteiger partial charge in [0, 0.05) is 19.6 Å². The van der Waals surface area contributed by atoms with Crippen molar-refractivity contribution in [2.75, 3.05) is 27.2 Å². The highest BCUT2D eigenvalue weighted by Crippen LogP contribution is 2.13. The molecule has 1 saturated heterocycles. The minimum atomic E-state index is -1.02. The number of amides is 2. The number of hydrogen-bond donors (Lipinski definition) is 2. The molecule has 0 spiro atoms. The van der Waals surface area contributed by atoms with Crippen molar-refractivity contribution in [2.24, 2.45) is 0 Å². The van der Waals surface area contributed by atoms with Crippen molar-refractivity contribution in [3.63, 3.8) is 0 Å². The molecule has 2 N–H and O–H groups in total. The van der Waals surface area contributed by atoms with Gasteiger partial charge in [-0.05, 0) is 33.4 Å². The molecule has 1 heterocycles. The Hall–Kier alpha value is -1.30. The third kappa shape index (κ3) is 3.89. The number of carbonyl (C=O) groups excluding carboxylic acids is 1. The number of rotatable bonds is 3. The van der Waals surface area contributed by atoms with E-state index in [0.717, 1.165) is 25.9 Å².